The second-order valence-corrected chi connectivity index (χ2v) is 8.41. The molecule has 2 aliphatic rings. The van der Waals surface area contributed by atoms with E-state index in [9.17, 15) is 9.90 Å². The van der Waals surface area contributed by atoms with Crippen molar-refractivity contribution >= 4 is 22.8 Å². The molecule has 1 N–H and O–H groups in total. The third-order valence-corrected chi connectivity index (χ3v) is 6.13. The first kappa shape index (κ1) is 22.2. The van der Waals surface area contributed by atoms with Gasteiger partial charge in [0.2, 0.25) is 5.88 Å². The molecule has 1 fully saturated rings. The monoisotopic (exact) mass is 465 g/mol. The van der Waals surface area contributed by atoms with Gasteiger partial charge in [-0.1, -0.05) is 0 Å². The van der Waals surface area contributed by atoms with Crippen molar-refractivity contribution in [3.05, 3.63) is 48.2 Å². The Kier molecular flexibility index (Phi) is 6.35. The van der Waals surface area contributed by atoms with Gasteiger partial charge >= 0.3 is 6.09 Å². The zero-order valence-electron chi connectivity index (χ0n) is 19.0. The summed E-state index contributed by atoms with van der Waals surface area (Å²) >= 11 is 0. The lowest BCUT2D eigenvalue weighted by atomic mass is 10.0. The summed E-state index contributed by atoms with van der Waals surface area (Å²) in [4.78, 5) is 22.9. The summed E-state index contributed by atoms with van der Waals surface area (Å²) in [6.45, 7) is 1.44. The number of ether oxygens (including phenoxy) is 4. The highest BCUT2D eigenvalue weighted by Gasteiger charge is 2.33. The van der Waals surface area contributed by atoms with E-state index in [4.69, 9.17) is 18.9 Å². The summed E-state index contributed by atoms with van der Waals surface area (Å²) < 4.78 is 21.9. The summed E-state index contributed by atoms with van der Waals surface area (Å²) in [6, 6.07) is 11.0. The van der Waals surface area contributed by atoms with Crippen molar-refractivity contribution in [3.8, 4) is 17.4 Å². The number of fused-ring (bicyclic) bond motifs is 2. The molecule has 3 aromatic rings. The molecule has 2 aliphatic heterocycles. The molecule has 1 saturated heterocycles. The Labute approximate surface area is 197 Å². The maximum Gasteiger partial charge on any atom is 0.414 e. The van der Waals surface area contributed by atoms with Gasteiger partial charge in [0.05, 0.1) is 36.5 Å². The summed E-state index contributed by atoms with van der Waals surface area (Å²) in [5.41, 5.74) is 3.31. The number of carbonyl (C=O) groups excluding carboxylic acids is 1. The third-order valence-electron chi connectivity index (χ3n) is 6.13. The van der Waals surface area contributed by atoms with Crippen LogP contribution in [0.4, 0.5) is 10.5 Å². The van der Waals surface area contributed by atoms with Crippen molar-refractivity contribution in [2.75, 3.05) is 31.8 Å². The molecule has 9 nitrogen and oxygen atoms in total. The van der Waals surface area contributed by atoms with E-state index in [1.165, 1.54) is 0 Å². The quantitative estimate of drug-likeness (QED) is 0.539. The van der Waals surface area contributed by atoms with Crippen LogP contribution in [0.25, 0.3) is 11.0 Å². The summed E-state index contributed by atoms with van der Waals surface area (Å²) in [5, 5.41) is 10.6. The van der Waals surface area contributed by atoms with Gasteiger partial charge in [-0.3, -0.25) is 9.88 Å². The average molecular weight is 466 g/mol. The summed E-state index contributed by atoms with van der Waals surface area (Å²) in [5.74, 6) is 1.84. The van der Waals surface area contributed by atoms with Gasteiger partial charge in [0.15, 0.2) is 11.5 Å². The zero-order chi connectivity index (χ0) is 23.5. The molecule has 0 unspecified atom stereocenters. The van der Waals surface area contributed by atoms with Gasteiger partial charge in [0.25, 0.3) is 0 Å². The minimum atomic E-state index is -0.518. The molecule has 0 saturated carbocycles. The Morgan fingerprint density at radius 2 is 2.00 bits per heavy atom. The molecule has 5 rings (SSSR count). The number of aliphatic hydroxyl groups is 1. The minimum Gasteiger partial charge on any atom is -0.486 e. The van der Waals surface area contributed by atoms with Crippen LogP contribution in [-0.4, -0.2) is 60.2 Å². The molecule has 1 amide bonds. The van der Waals surface area contributed by atoms with Gasteiger partial charge in [0.1, 0.15) is 19.3 Å². The van der Waals surface area contributed by atoms with Crippen LogP contribution in [0.2, 0.25) is 0 Å². The molecule has 0 bridgehead atoms. The normalized spacial score (nSPS) is 18.1. The van der Waals surface area contributed by atoms with Crippen LogP contribution in [0.5, 0.6) is 17.4 Å². The van der Waals surface area contributed by atoms with E-state index < -0.39 is 6.10 Å². The molecule has 0 aliphatic carbocycles. The van der Waals surface area contributed by atoms with Crippen LogP contribution < -0.4 is 19.1 Å². The number of amides is 1. The van der Waals surface area contributed by atoms with Crippen LogP contribution >= 0.6 is 0 Å². The molecule has 4 heterocycles. The SMILES string of the molecule is COc1ccc2nccc(CC[C@H](O)CC[C@H]3CN(c4ccc5c(c4)OCCO5)C(=O)O3)c2n1. The fourth-order valence-electron chi connectivity index (χ4n) is 4.30. The van der Waals surface area contributed by atoms with Crippen LogP contribution in [0.15, 0.2) is 42.6 Å². The first-order valence-corrected chi connectivity index (χ1v) is 11.4. The van der Waals surface area contributed by atoms with E-state index in [1.54, 1.807) is 36.4 Å². The Bertz CT molecular complexity index is 1190. The van der Waals surface area contributed by atoms with Crippen LogP contribution in [0.3, 0.4) is 0 Å². The number of carbonyl (C=O) groups is 1. The first-order chi connectivity index (χ1) is 16.6. The van der Waals surface area contributed by atoms with E-state index in [2.05, 4.69) is 9.97 Å². The largest absolute Gasteiger partial charge is 0.486 e. The Balaban J connectivity index is 1.15. The molecule has 2 atom stereocenters. The van der Waals surface area contributed by atoms with E-state index >= 15 is 0 Å². The summed E-state index contributed by atoms with van der Waals surface area (Å²) in [6.07, 6.45) is 2.92. The molecule has 178 valence electrons. The van der Waals surface area contributed by atoms with Gasteiger partial charge in [-0.25, -0.2) is 9.78 Å². The minimum absolute atomic E-state index is 0.275. The van der Waals surface area contributed by atoms with Crippen molar-refractivity contribution in [3.63, 3.8) is 0 Å². The third kappa shape index (κ3) is 4.70. The van der Waals surface area contributed by atoms with Crippen molar-refractivity contribution in [1.29, 1.82) is 0 Å². The molecular formula is C25H27N3O6. The highest BCUT2D eigenvalue weighted by Crippen LogP contribution is 2.35. The number of benzene rings is 1. The van der Waals surface area contributed by atoms with Crippen molar-refractivity contribution in [2.45, 2.75) is 37.9 Å². The lowest BCUT2D eigenvalue weighted by Gasteiger charge is -2.21. The van der Waals surface area contributed by atoms with Crippen LogP contribution in [-0.2, 0) is 11.2 Å². The maximum atomic E-state index is 12.4. The van der Waals surface area contributed by atoms with E-state index in [1.807, 2.05) is 18.2 Å². The Morgan fingerprint density at radius 3 is 2.85 bits per heavy atom. The standard InChI is InChI=1S/C25H27N3O6/c1-31-23-9-7-20-24(27-23)16(10-11-26-20)2-4-18(29)5-6-19-15-28(25(30)34-19)17-3-8-21-22(14-17)33-13-12-32-21/h3,7-11,14,18-19,29H,2,4-6,12-13,15H2,1H3/t18-,19-/m0/s1. The number of hydrogen-bond donors (Lipinski definition) is 1. The average Bonchev–Trinajstić information content (AvgIpc) is 3.25. The Hall–Kier alpha value is -3.59. The molecule has 0 radical (unpaired) electrons. The van der Waals surface area contributed by atoms with Gasteiger partial charge in [-0.05, 0) is 55.5 Å². The topological polar surface area (TPSA) is 103 Å². The van der Waals surface area contributed by atoms with E-state index in [0.29, 0.717) is 68.5 Å². The predicted molar refractivity (Wildman–Crippen MR) is 125 cm³/mol. The summed E-state index contributed by atoms with van der Waals surface area (Å²) in [7, 11) is 1.58. The lowest BCUT2D eigenvalue weighted by Crippen LogP contribution is -2.25. The molecule has 1 aromatic carbocycles. The number of hydrogen-bond acceptors (Lipinski definition) is 8. The maximum absolute atomic E-state index is 12.4. The van der Waals surface area contributed by atoms with Gasteiger partial charge in [0, 0.05) is 18.3 Å². The predicted octanol–water partition coefficient (Wildman–Crippen LogP) is 3.51. The zero-order valence-corrected chi connectivity index (χ0v) is 19.0. The van der Waals surface area contributed by atoms with Gasteiger partial charge in [-0.2, -0.15) is 0 Å². The lowest BCUT2D eigenvalue weighted by molar-refractivity contribution is 0.107. The Morgan fingerprint density at radius 1 is 1.15 bits per heavy atom. The number of aliphatic hydroxyl groups excluding tert-OH is 1. The molecule has 0 spiro atoms. The van der Waals surface area contributed by atoms with Crippen molar-refractivity contribution in [1.82, 2.24) is 9.97 Å². The van der Waals surface area contributed by atoms with Crippen LogP contribution in [0.1, 0.15) is 24.8 Å². The molecular weight excluding hydrogens is 438 g/mol. The smallest absolute Gasteiger partial charge is 0.414 e. The van der Waals surface area contributed by atoms with E-state index in [0.717, 1.165) is 16.6 Å². The van der Waals surface area contributed by atoms with Gasteiger partial charge < -0.3 is 24.1 Å². The molecule has 34 heavy (non-hydrogen) atoms. The number of anilines is 1. The fourth-order valence-corrected chi connectivity index (χ4v) is 4.30. The highest BCUT2D eigenvalue weighted by molar-refractivity contribution is 5.90. The second-order valence-electron chi connectivity index (χ2n) is 8.41. The number of nitrogens with zero attached hydrogens (tertiary/aromatic N) is 3. The number of methoxy groups -OCH3 is 1. The highest BCUT2D eigenvalue weighted by atomic mass is 16.6. The number of aryl methyl sites for hydroxylation is 1. The first-order valence-electron chi connectivity index (χ1n) is 11.4. The molecule has 2 aromatic heterocycles. The molecule has 9 heteroatoms. The van der Waals surface area contributed by atoms with Crippen molar-refractivity contribution in [2.24, 2.45) is 0 Å². The number of pyridine rings is 2. The number of aromatic nitrogens is 2. The second kappa shape index (κ2) is 9.72. The number of cyclic esters (lactones) is 1. The number of rotatable bonds is 8. The fraction of sp³-hybridized carbons (Fsp3) is 0.400. The van der Waals surface area contributed by atoms with Crippen molar-refractivity contribution < 1.29 is 28.8 Å². The van der Waals surface area contributed by atoms with E-state index in [-0.39, 0.29) is 12.2 Å². The van der Waals surface area contributed by atoms with Gasteiger partial charge in [-0.15, -0.1) is 0 Å². The van der Waals surface area contributed by atoms with Crippen LogP contribution in [0, 0.1) is 0 Å².